The van der Waals surface area contributed by atoms with Crippen LogP contribution in [0.25, 0.3) is 0 Å². The lowest BCUT2D eigenvalue weighted by Gasteiger charge is -2.30. The molecule has 4 heteroatoms. The van der Waals surface area contributed by atoms with Gasteiger partial charge in [-0.15, -0.1) is 0 Å². The summed E-state index contributed by atoms with van der Waals surface area (Å²) in [5.74, 6) is 0. The molecule has 0 radical (unpaired) electrons. The number of ether oxygens (including phenoxy) is 1. The lowest BCUT2D eigenvalue weighted by molar-refractivity contribution is 0.101. The zero-order valence-corrected chi connectivity index (χ0v) is 12.8. The Morgan fingerprint density at radius 1 is 1.33 bits per heavy atom. The van der Waals surface area contributed by atoms with Crippen molar-refractivity contribution in [3.63, 3.8) is 0 Å². The van der Waals surface area contributed by atoms with E-state index in [4.69, 9.17) is 10.5 Å². The molecule has 1 aromatic carbocycles. The van der Waals surface area contributed by atoms with Crippen LogP contribution in [0.5, 0.6) is 0 Å². The molecule has 0 aromatic heterocycles. The summed E-state index contributed by atoms with van der Waals surface area (Å²) in [6.45, 7) is 5.73. The Hall–Kier alpha value is -0.940. The second-order valence-electron chi connectivity index (χ2n) is 6.45. The summed E-state index contributed by atoms with van der Waals surface area (Å²) in [6.07, 6.45) is 3.89. The van der Waals surface area contributed by atoms with Crippen molar-refractivity contribution in [2.75, 3.05) is 32.8 Å². The highest BCUT2D eigenvalue weighted by Crippen LogP contribution is 2.23. The molecule has 0 amide bonds. The molecule has 2 unspecified atom stereocenters. The molecule has 2 heterocycles. The third kappa shape index (κ3) is 3.83. The third-order valence-corrected chi connectivity index (χ3v) is 4.80. The zero-order valence-electron chi connectivity index (χ0n) is 12.8. The quantitative estimate of drug-likeness (QED) is 0.830. The van der Waals surface area contributed by atoms with Gasteiger partial charge in [0, 0.05) is 44.9 Å². The summed E-state index contributed by atoms with van der Waals surface area (Å²) < 4.78 is 5.71. The first kappa shape index (κ1) is 15.0. The van der Waals surface area contributed by atoms with E-state index in [1.165, 1.54) is 18.4 Å². The van der Waals surface area contributed by atoms with Crippen LogP contribution in [0.15, 0.2) is 30.3 Å². The van der Waals surface area contributed by atoms with Crippen LogP contribution in [0, 0.1) is 0 Å². The van der Waals surface area contributed by atoms with Gasteiger partial charge in [-0.2, -0.15) is 0 Å². The molecule has 0 bridgehead atoms. The summed E-state index contributed by atoms with van der Waals surface area (Å²) in [4.78, 5) is 2.50. The van der Waals surface area contributed by atoms with Gasteiger partial charge in [0.25, 0.3) is 0 Å². The SMILES string of the molecule is NCC1(NCC2CCCO2)CCN(Cc2ccccc2)C1. The maximum absolute atomic E-state index is 6.08. The van der Waals surface area contributed by atoms with E-state index in [2.05, 4.69) is 40.5 Å². The summed E-state index contributed by atoms with van der Waals surface area (Å²) in [5, 5.41) is 3.71. The van der Waals surface area contributed by atoms with Crippen LogP contribution in [0.4, 0.5) is 0 Å². The first-order valence-electron chi connectivity index (χ1n) is 8.13. The molecule has 2 saturated heterocycles. The molecular weight excluding hydrogens is 262 g/mol. The number of rotatable bonds is 6. The van der Waals surface area contributed by atoms with Crippen LogP contribution in [0.3, 0.4) is 0 Å². The molecule has 2 aliphatic rings. The van der Waals surface area contributed by atoms with Crippen molar-refractivity contribution in [2.24, 2.45) is 5.73 Å². The second kappa shape index (κ2) is 6.88. The van der Waals surface area contributed by atoms with Crippen LogP contribution < -0.4 is 11.1 Å². The average Bonchev–Trinajstić information content (AvgIpc) is 3.17. The van der Waals surface area contributed by atoms with E-state index in [1.807, 2.05) is 0 Å². The predicted octanol–water partition coefficient (Wildman–Crippen LogP) is 1.36. The number of benzene rings is 1. The Bertz CT molecular complexity index is 433. The van der Waals surface area contributed by atoms with Crippen molar-refractivity contribution < 1.29 is 4.74 Å². The maximum Gasteiger partial charge on any atom is 0.0700 e. The molecule has 2 atom stereocenters. The Balaban J connectivity index is 1.52. The van der Waals surface area contributed by atoms with E-state index in [-0.39, 0.29) is 5.54 Å². The van der Waals surface area contributed by atoms with E-state index in [0.29, 0.717) is 12.6 Å². The van der Waals surface area contributed by atoms with Crippen molar-refractivity contribution in [3.8, 4) is 0 Å². The van der Waals surface area contributed by atoms with Gasteiger partial charge in [0.05, 0.1) is 6.10 Å². The van der Waals surface area contributed by atoms with Crippen LogP contribution >= 0.6 is 0 Å². The molecule has 1 aromatic rings. The van der Waals surface area contributed by atoms with Gasteiger partial charge in [-0.1, -0.05) is 30.3 Å². The Morgan fingerprint density at radius 3 is 2.90 bits per heavy atom. The number of nitrogens with zero attached hydrogens (tertiary/aromatic N) is 1. The standard InChI is InChI=1S/C17H27N3O/c18-13-17(19-11-16-7-4-10-21-16)8-9-20(14-17)12-15-5-2-1-3-6-15/h1-3,5-6,16,19H,4,7-14,18H2. The molecule has 3 rings (SSSR count). The number of hydrogen-bond donors (Lipinski definition) is 2. The number of nitrogens with two attached hydrogens (primary N) is 1. The summed E-state index contributed by atoms with van der Waals surface area (Å²) >= 11 is 0. The monoisotopic (exact) mass is 289 g/mol. The number of likely N-dealkylation sites (tertiary alicyclic amines) is 1. The molecule has 0 spiro atoms. The normalized spacial score (nSPS) is 30.0. The molecular formula is C17H27N3O. The highest BCUT2D eigenvalue weighted by atomic mass is 16.5. The summed E-state index contributed by atoms with van der Waals surface area (Å²) in [7, 11) is 0. The van der Waals surface area contributed by atoms with Crippen molar-refractivity contribution in [1.82, 2.24) is 10.2 Å². The Labute approximate surface area is 127 Å². The average molecular weight is 289 g/mol. The zero-order chi connectivity index (χ0) is 14.5. The number of hydrogen-bond acceptors (Lipinski definition) is 4. The predicted molar refractivity (Wildman–Crippen MR) is 85.1 cm³/mol. The molecule has 21 heavy (non-hydrogen) atoms. The molecule has 0 saturated carbocycles. The van der Waals surface area contributed by atoms with Gasteiger partial charge >= 0.3 is 0 Å². The van der Waals surface area contributed by atoms with Gasteiger partial charge in [-0.05, 0) is 24.8 Å². The number of nitrogens with one attached hydrogen (secondary N) is 1. The fraction of sp³-hybridized carbons (Fsp3) is 0.647. The van der Waals surface area contributed by atoms with Gasteiger partial charge in [0.15, 0.2) is 0 Å². The van der Waals surface area contributed by atoms with Crippen molar-refractivity contribution in [3.05, 3.63) is 35.9 Å². The van der Waals surface area contributed by atoms with Crippen LogP contribution in [-0.2, 0) is 11.3 Å². The van der Waals surface area contributed by atoms with Gasteiger partial charge < -0.3 is 15.8 Å². The molecule has 0 aliphatic carbocycles. The van der Waals surface area contributed by atoms with E-state index in [9.17, 15) is 0 Å². The highest BCUT2D eigenvalue weighted by Gasteiger charge is 2.37. The molecule has 116 valence electrons. The molecule has 2 aliphatic heterocycles. The van der Waals surface area contributed by atoms with Crippen LogP contribution in [-0.4, -0.2) is 49.3 Å². The Kier molecular flexibility index (Phi) is 4.91. The van der Waals surface area contributed by atoms with E-state index >= 15 is 0 Å². The summed E-state index contributed by atoms with van der Waals surface area (Å²) in [6, 6.07) is 10.7. The van der Waals surface area contributed by atoms with Gasteiger partial charge in [-0.25, -0.2) is 0 Å². The molecule has 3 N–H and O–H groups in total. The van der Waals surface area contributed by atoms with Crippen LogP contribution in [0.2, 0.25) is 0 Å². The van der Waals surface area contributed by atoms with Crippen molar-refractivity contribution in [2.45, 2.75) is 37.5 Å². The molecule has 2 fully saturated rings. The van der Waals surface area contributed by atoms with Gasteiger partial charge in [0.1, 0.15) is 0 Å². The minimum Gasteiger partial charge on any atom is -0.377 e. The van der Waals surface area contributed by atoms with E-state index in [1.54, 1.807) is 0 Å². The topological polar surface area (TPSA) is 50.5 Å². The lowest BCUT2D eigenvalue weighted by Crippen LogP contribution is -2.55. The first-order valence-corrected chi connectivity index (χ1v) is 8.13. The minimum absolute atomic E-state index is 0.0702. The highest BCUT2D eigenvalue weighted by molar-refractivity contribution is 5.15. The Morgan fingerprint density at radius 2 is 2.19 bits per heavy atom. The van der Waals surface area contributed by atoms with E-state index < -0.39 is 0 Å². The van der Waals surface area contributed by atoms with Crippen molar-refractivity contribution in [1.29, 1.82) is 0 Å². The van der Waals surface area contributed by atoms with Crippen LogP contribution in [0.1, 0.15) is 24.8 Å². The van der Waals surface area contributed by atoms with Gasteiger partial charge in [-0.3, -0.25) is 4.90 Å². The minimum atomic E-state index is 0.0702. The first-order chi connectivity index (χ1) is 10.3. The lowest BCUT2D eigenvalue weighted by atomic mass is 9.98. The van der Waals surface area contributed by atoms with Gasteiger partial charge in [0.2, 0.25) is 0 Å². The second-order valence-corrected chi connectivity index (χ2v) is 6.45. The fourth-order valence-electron chi connectivity index (χ4n) is 3.45. The largest absolute Gasteiger partial charge is 0.377 e. The third-order valence-electron chi connectivity index (χ3n) is 4.80. The van der Waals surface area contributed by atoms with Crippen molar-refractivity contribution >= 4 is 0 Å². The smallest absolute Gasteiger partial charge is 0.0700 e. The fourth-order valence-corrected chi connectivity index (χ4v) is 3.45. The maximum atomic E-state index is 6.08. The molecule has 4 nitrogen and oxygen atoms in total. The van der Waals surface area contributed by atoms with E-state index in [0.717, 1.165) is 39.2 Å². The summed E-state index contributed by atoms with van der Waals surface area (Å²) in [5.41, 5.74) is 7.53.